The Morgan fingerprint density at radius 3 is 0.593 bits per heavy atom. The molecule has 16 aromatic carbocycles. The normalized spacial score (nSPS) is 12.2. The van der Waals surface area contributed by atoms with Gasteiger partial charge in [-0.3, -0.25) is 0 Å². The van der Waals surface area contributed by atoms with E-state index in [4.69, 9.17) is 0 Å². The van der Waals surface area contributed by atoms with Crippen LogP contribution in [-0.4, -0.2) is 0 Å². The van der Waals surface area contributed by atoms with Gasteiger partial charge in [-0.25, -0.2) is 8.78 Å². The van der Waals surface area contributed by atoms with E-state index in [0.29, 0.717) is 0 Å². The zero-order valence-corrected chi connectivity index (χ0v) is 49.2. The minimum absolute atomic E-state index is 0.119. The Hall–Kier alpha value is -10.0. The first-order valence-electron chi connectivity index (χ1n) is 29.9. The highest BCUT2D eigenvalue weighted by Gasteiger charge is 2.23. The van der Waals surface area contributed by atoms with Crippen LogP contribution in [0.4, 0.5) is 8.78 Å². The van der Waals surface area contributed by atoms with E-state index in [9.17, 15) is 8.78 Å². The summed E-state index contributed by atoms with van der Waals surface area (Å²) in [6.07, 6.45) is 0. The number of fused-ring (bicyclic) bond motifs is 20. The number of rotatable bonds is 4. The maximum atomic E-state index is 13.9. The predicted octanol–water partition coefficient (Wildman–Crippen LogP) is 24.4. The van der Waals surface area contributed by atoms with Gasteiger partial charge in [0.25, 0.3) is 0 Å². The molecule has 0 aromatic heterocycles. The van der Waals surface area contributed by atoms with Crippen LogP contribution in [0, 0.1) is 11.6 Å². The van der Waals surface area contributed by atoms with Gasteiger partial charge in [0, 0.05) is 0 Å². The van der Waals surface area contributed by atoms with Crippen molar-refractivity contribution in [2.75, 3.05) is 0 Å². The third-order valence-electron chi connectivity index (χ3n) is 18.1. The van der Waals surface area contributed by atoms with E-state index >= 15 is 0 Å². The van der Waals surface area contributed by atoms with Crippen molar-refractivity contribution in [2.24, 2.45) is 0 Å². The van der Waals surface area contributed by atoms with Crippen molar-refractivity contribution in [3.63, 3.8) is 0 Å². The van der Waals surface area contributed by atoms with E-state index in [2.05, 4.69) is 260 Å². The van der Waals surface area contributed by atoms with Crippen molar-refractivity contribution >= 4 is 108 Å². The maximum absolute atomic E-state index is 13.9. The lowest BCUT2D eigenvalue weighted by Crippen LogP contribution is -2.10. The highest BCUT2D eigenvalue weighted by Crippen LogP contribution is 2.50. The summed E-state index contributed by atoms with van der Waals surface area (Å²) >= 11 is 0. The number of halogens is 2. The monoisotopic (exact) mass is 1110 g/mol. The fourth-order valence-corrected chi connectivity index (χ4v) is 13.8. The fraction of sp³-hybridized carbons (Fsp3) is 0.0952. The largest absolute Gasteiger partial charge is 0.207 e. The van der Waals surface area contributed by atoms with Crippen LogP contribution < -0.4 is 0 Å². The van der Waals surface area contributed by atoms with Gasteiger partial charge >= 0.3 is 0 Å². The molecule has 412 valence electrons. The number of hydrogen-bond donors (Lipinski definition) is 0. The summed E-state index contributed by atoms with van der Waals surface area (Å²) in [4.78, 5) is 0. The van der Waals surface area contributed by atoms with Crippen LogP contribution in [0.3, 0.4) is 0 Å². The highest BCUT2D eigenvalue weighted by atomic mass is 19.1. The van der Waals surface area contributed by atoms with Crippen LogP contribution in [0.1, 0.15) is 52.7 Å². The molecule has 0 aliphatic heterocycles. The lowest BCUT2D eigenvalue weighted by molar-refractivity contribution is 0.590. The summed E-state index contributed by atoms with van der Waals surface area (Å²) in [6.45, 7) is 13.7. The summed E-state index contributed by atoms with van der Waals surface area (Å²) in [7, 11) is 0. The summed E-state index contributed by atoms with van der Waals surface area (Å²) in [5.74, 6) is -0.484. The molecule has 0 saturated heterocycles. The van der Waals surface area contributed by atoms with Crippen LogP contribution in [0.25, 0.3) is 152 Å². The SMILES string of the molecule is CC(C)(C)c1ccc(-c2cc3c4ccccc4c4cc(-c5ccc(C(C)(C)C)cc5)c5ccccc5c4c3c3ccccc23)cc1.Fc1ccc(-c2cc3c4ccccc4c4cc(-c5ccc(F)cc5)c5ccccc5c4c3c3ccccc23)cc1. The average molecular weight is 1110 g/mol. The predicted molar refractivity (Wildman–Crippen MR) is 367 cm³/mol. The Labute approximate surface area is 500 Å². The summed E-state index contributed by atoms with van der Waals surface area (Å²) in [5, 5.41) is 24.7. The zero-order valence-electron chi connectivity index (χ0n) is 49.2. The summed E-state index contributed by atoms with van der Waals surface area (Å²) < 4.78 is 27.7. The van der Waals surface area contributed by atoms with Crippen molar-refractivity contribution in [3.8, 4) is 44.5 Å². The van der Waals surface area contributed by atoms with Crippen molar-refractivity contribution in [2.45, 2.75) is 52.4 Å². The molecule has 0 N–H and O–H groups in total. The second-order valence-corrected chi connectivity index (χ2v) is 25.3. The van der Waals surface area contributed by atoms with E-state index in [1.54, 1.807) is 0 Å². The molecule has 16 aromatic rings. The second-order valence-electron chi connectivity index (χ2n) is 25.3. The average Bonchev–Trinajstić information content (AvgIpc) is 0.784. The Balaban J connectivity index is 0.000000147. The number of hydrogen-bond acceptors (Lipinski definition) is 0. The molecular weight excluding hydrogens is 1050 g/mol. The van der Waals surface area contributed by atoms with Gasteiger partial charge in [0.1, 0.15) is 11.6 Å². The van der Waals surface area contributed by atoms with Gasteiger partial charge in [-0.15, -0.1) is 0 Å². The lowest BCUT2D eigenvalue weighted by atomic mass is 9.83. The van der Waals surface area contributed by atoms with E-state index < -0.39 is 0 Å². The van der Waals surface area contributed by atoms with Gasteiger partial charge < -0.3 is 0 Å². The second kappa shape index (κ2) is 20.4. The zero-order chi connectivity index (χ0) is 58.6. The van der Waals surface area contributed by atoms with Gasteiger partial charge in [-0.2, -0.15) is 0 Å². The van der Waals surface area contributed by atoms with E-state index in [1.807, 2.05) is 24.3 Å². The third-order valence-corrected chi connectivity index (χ3v) is 18.1. The highest BCUT2D eigenvalue weighted by molar-refractivity contribution is 6.40. The Bertz CT molecular complexity index is 5050. The molecule has 0 heterocycles. The first-order valence-corrected chi connectivity index (χ1v) is 29.9. The molecule has 0 unspecified atom stereocenters. The molecule has 0 radical (unpaired) electrons. The smallest absolute Gasteiger partial charge is 0.123 e. The van der Waals surface area contributed by atoms with Gasteiger partial charge in [0.05, 0.1) is 0 Å². The minimum Gasteiger partial charge on any atom is -0.207 e. The van der Waals surface area contributed by atoms with Crippen LogP contribution >= 0.6 is 0 Å². The van der Waals surface area contributed by atoms with E-state index in [1.165, 1.54) is 144 Å². The van der Waals surface area contributed by atoms with Gasteiger partial charge in [-0.05, 0) is 223 Å². The van der Waals surface area contributed by atoms with E-state index in [0.717, 1.165) is 43.8 Å². The van der Waals surface area contributed by atoms with E-state index in [-0.39, 0.29) is 22.5 Å². The molecule has 86 heavy (non-hydrogen) atoms. The Kier molecular flexibility index (Phi) is 12.5. The molecule has 0 amide bonds. The number of benzene rings is 16. The first kappa shape index (κ1) is 52.8. The summed E-state index contributed by atoms with van der Waals surface area (Å²) in [5.41, 5.74) is 12.2. The molecule has 0 nitrogen and oxygen atoms in total. The van der Waals surface area contributed by atoms with Gasteiger partial charge in [0.2, 0.25) is 0 Å². The first-order chi connectivity index (χ1) is 41.8. The molecule has 0 spiro atoms. The summed E-state index contributed by atoms with van der Waals surface area (Å²) in [6, 6.07) is 94.0. The standard InChI is InChI=1S/C46H40.C38H22F2/c1-45(2,3)31-23-19-29(20-24-31)39-27-41-33-13-7-8-14-34(33)42-28-40(30-21-25-32(26-22-30)46(4,5)6)36-16-10-12-18-38(36)44(42)43(41)37-17-11-9-15-35(37)39;39-25-17-13-23(14-18-25)33-21-35-27-7-1-2-8-28(27)36-22-34(24-15-19-26(40)20-16-24)30-10-4-6-12-32(30)38(36)37(35)31-11-5-3-9-29(31)33/h7-28H,1-6H3;1-22H. The quantitative estimate of drug-likeness (QED) is 0.154. The fourth-order valence-electron chi connectivity index (χ4n) is 13.8. The van der Waals surface area contributed by atoms with Crippen molar-refractivity contribution in [3.05, 3.63) is 290 Å². The molecule has 0 atom stereocenters. The topological polar surface area (TPSA) is 0 Å². The molecule has 0 aliphatic rings. The van der Waals surface area contributed by atoms with Crippen LogP contribution in [0.2, 0.25) is 0 Å². The lowest BCUT2D eigenvalue weighted by Gasteiger charge is -2.21. The maximum Gasteiger partial charge on any atom is 0.123 e. The molecular formula is C84H62F2. The van der Waals surface area contributed by atoms with Crippen molar-refractivity contribution < 1.29 is 8.78 Å². The minimum atomic E-state index is -0.242. The van der Waals surface area contributed by atoms with Crippen LogP contribution in [-0.2, 0) is 10.8 Å². The van der Waals surface area contributed by atoms with Crippen LogP contribution in [0.15, 0.2) is 267 Å². The molecule has 0 fully saturated rings. The van der Waals surface area contributed by atoms with Crippen molar-refractivity contribution in [1.29, 1.82) is 0 Å². The van der Waals surface area contributed by atoms with Gasteiger partial charge in [-0.1, -0.05) is 260 Å². The van der Waals surface area contributed by atoms with Gasteiger partial charge in [0.15, 0.2) is 0 Å². The Morgan fingerprint density at radius 1 is 0.198 bits per heavy atom. The van der Waals surface area contributed by atoms with Crippen molar-refractivity contribution in [1.82, 2.24) is 0 Å². The molecule has 2 heteroatoms. The molecule has 0 bridgehead atoms. The molecule has 0 aliphatic carbocycles. The third kappa shape index (κ3) is 8.77. The van der Waals surface area contributed by atoms with Crippen LogP contribution in [0.5, 0.6) is 0 Å². The molecule has 16 rings (SSSR count). The Morgan fingerprint density at radius 2 is 0.384 bits per heavy atom. The molecule has 0 saturated carbocycles.